The molecular weight excluding hydrogens is 352 g/mol. The molecule has 0 saturated carbocycles. The van der Waals surface area contributed by atoms with Crippen molar-refractivity contribution in [2.75, 3.05) is 26.8 Å². The molecule has 0 radical (unpaired) electrons. The summed E-state index contributed by atoms with van der Waals surface area (Å²) in [6, 6.07) is 5.06. The molecule has 0 amide bonds. The molecule has 24 heavy (non-hydrogen) atoms. The standard InChI is InChI=1S/C16H24N2O4S.ClH/c1-12-8-13-9-14(4-5-15(13)22-12)23(19,20)18-10-16(11-21-2)6-3-7-17-16;/h4-5,9,12,17-18H,3,6-8,10-11H2,1-2H3;1H. The molecule has 1 aromatic rings. The average Bonchev–Trinajstić information content (AvgIpc) is 3.11. The predicted octanol–water partition coefficient (Wildman–Crippen LogP) is 1.48. The van der Waals surface area contributed by atoms with Crippen molar-refractivity contribution in [1.29, 1.82) is 0 Å². The monoisotopic (exact) mass is 376 g/mol. The lowest BCUT2D eigenvalue weighted by Gasteiger charge is -2.28. The van der Waals surface area contributed by atoms with Gasteiger partial charge in [0.05, 0.1) is 17.0 Å². The minimum Gasteiger partial charge on any atom is -0.490 e. The van der Waals surface area contributed by atoms with Crippen LogP contribution in [0.1, 0.15) is 25.3 Å². The molecule has 2 N–H and O–H groups in total. The highest BCUT2D eigenvalue weighted by atomic mass is 35.5. The number of nitrogens with one attached hydrogen (secondary N) is 2. The van der Waals surface area contributed by atoms with E-state index in [9.17, 15) is 8.42 Å². The Balaban J connectivity index is 0.00000208. The quantitative estimate of drug-likeness (QED) is 0.786. The van der Waals surface area contributed by atoms with Gasteiger partial charge < -0.3 is 14.8 Å². The summed E-state index contributed by atoms with van der Waals surface area (Å²) >= 11 is 0. The van der Waals surface area contributed by atoms with Gasteiger partial charge in [-0.05, 0) is 50.1 Å². The summed E-state index contributed by atoms with van der Waals surface area (Å²) in [5, 5.41) is 3.37. The Bertz CT molecular complexity index is 675. The summed E-state index contributed by atoms with van der Waals surface area (Å²) in [6.07, 6.45) is 2.77. The zero-order chi connectivity index (χ0) is 16.5. The van der Waals surface area contributed by atoms with Crippen LogP contribution < -0.4 is 14.8 Å². The minimum atomic E-state index is -3.54. The van der Waals surface area contributed by atoms with E-state index in [0.717, 1.165) is 37.1 Å². The first kappa shape index (κ1) is 19.5. The molecule has 6 nitrogen and oxygen atoms in total. The second-order valence-electron chi connectivity index (χ2n) is 6.47. The molecule has 3 rings (SSSR count). The lowest BCUT2D eigenvalue weighted by atomic mass is 9.99. The number of sulfonamides is 1. The van der Waals surface area contributed by atoms with E-state index < -0.39 is 10.0 Å². The van der Waals surface area contributed by atoms with Gasteiger partial charge in [-0.1, -0.05) is 0 Å². The highest BCUT2D eigenvalue weighted by molar-refractivity contribution is 7.89. The summed E-state index contributed by atoms with van der Waals surface area (Å²) in [6.45, 7) is 3.68. The van der Waals surface area contributed by atoms with Crippen LogP contribution in [0.4, 0.5) is 0 Å². The molecule has 2 heterocycles. The highest BCUT2D eigenvalue weighted by Crippen LogP contribution is 2.30. The molecule has 2 unspecified atom stereocenters. The van der Waals surface area contributed by atoms with E-state index in [1.165, 1.54) is 0 Å². The Morgan fingerprint density at radius 1 is 1.46 bits per heavy atom. The second-order valence-corrected chi connectivity index (χ2v) is 8.24. The van der Waals surface area contributed by atoms with E-state index in [4.69, 9.17) is 9.47 Å². The molecule has 0 bridgehead atoms. The molecule has 0 aliphatic carbocycles. The van der Waals surface area contributed by atoms with Gasteiger partial charge in [-0.3, -0.25) is 0 Å². The van der Waals surface area contributed by atoms with Crippen LogP contribution in [0.3, 0.4) is 0 Å². The molecule has 136 valence electrons. The first-order chi connectivity index (χ1) is 10.9. The normalized spacial score (nSPS) is 25.8. The summed E-state index contributed by atoms with van der Waals surface area (Å²) in [5.74, 6) is 0.782. The van der Waals surface area contributed by atoms with Crippen molar-refractivity contribution in [3.05, 3.63) is 23.8 Å². The van der Waals surface area contributed by atoms with Crippen LogP contribution in [0.15, 0.2) is 23.1 Å². The van der Waals surface area contributed by atoms with Crippen LogP contribution in [0.25, 0.3) is 0 Å². The van der Waals surface area contributed by atoms with E-state index >= 15 is 0 Å². The fourth-order valence-electron chi connectivity index (χ4n) is 3.35. The number of halogens is 1. The number of methoxy groups -OCH3 is 1. The average molecular weight is 377 g/mol. The SMILES string of the molecule is COCC1(CNS(=O)(=O)c2ccc3c(c2)CC(C)O3)CCCN1.Cl. The lowest BCUT2D eigenvalue weighted by molar-refractivity contribution is 0.122. The number of fused-ring (bicyclic) bond motifs is 1. The third-order valence-corrected chi connectivity index (χ3v) is 5.93. The molecule has 8 heteroatoms. The highest BCUT2D eigenvalue weighted by Gasteiger charge is 2.35. The predicted molar refractivity (Wildman–Crippen MR) is 94.5 cm³/mol. The number of hydrogen-bond acceptors (Lipinski definition) is 5. The molecule has 1 saturated heterocycles. The molecular formula is C16H25ClN2O4S. The van der Waals surface area contributed by atoms with Gasteiger partial charge in [0.2, 0.25) is 10.0 Å². The van der Waals surface area contributed by atoms with E-state index in [2.05, 4.69) is 10.0 Å². The first-order valence-electron chi connectivity index (χ1n) is 7.97. The van der Waals surface area contributed by atoms with E-state index in [1.807, 2.05) is 6.92 Å². The fraction of sp³-hybridized carbons (Fsp3) is 0.625. The van der Waals surface area contributed by atoms with Crippen molar-refractivity contribution in [3.8, 4) is 5.75 Å². The van der Waals surface area contributed by atoms with Gasteiger partial charge >= 0.3 is 0 Å². The minimum absolute atomic E-state index is 0. The second kappa shape index (κ2) is 7.58. The molecule has 0 spiro atoms. The van der Waals surface area contributed by atoms with Crippen molar-refractivity contribution in [2.45, 2.75) is 42.7 Å². The summed E-state index contributed by atoms with van der Waals surface area (Å²) in [4.78, 5) is 0.291. The van der Waals surface area contributed by atoms with Gasteiger partial charge in [-0.2, -0.15) is 0 Å². The smallest absolute Gasteiger partial charge is 0.240 e. The van der Waals surface area contributed by atoms with Gasteiger partial charge in [-0.15, -0.1) is 12.4 Å². The first-order valence-corrected chi connectivity index (χ1v) is 9.46. The van der Waals surface area contributed by atoms with Crippen LogP contribution in [0.5, 0.6) is 5.75 Å². The molecule has 2 atom stereocenters. The summed E-state index contributed by atoms with van der Waals surface area (Å²) in [5.41, 5.74) is 0.641. The zero-order valence-corrected chi connectivity index (χ0v) is 15.6. The van der Waals surface area contributed by atoms with Crippen LogP contribution in [-0.4, -0.2) is 46.9 Å². The van der Waals surface area contributed by atoms with Crippen LogP contribution in [0, 0.1) is 0 Å². The van der Waals surface area contributed by atoms with Crippen molar-refractivity contribution in [1.82, 2.24) is 10.0 Å². The third-order valence-electron chi connectivity index (χ3n) is 4.53. The lowest BCUT2D eigenvalue weighted by Crippen LogP contribution is -2.52. The number of benzene rings is 1. The fourth-order valence-corrected chi connectivity index (χ4v) is 4.53. The van der Waals surface area contributed by atoms with Crippen molar-refractivity contribution in [2.24, 2.45) is 0 Å². The van der Waals surface area contributed by atoms with Crippen LogP contribution in [0.2, 0.25) is 0 Å². The molecule has 2 aliphatic heterocycles. The van der Waals surface area contributed by atoms with Gasteiger partial charge in [0.15, 0.2) is 0 Å². The molecule has 1 fully saturated rings. The number of rotatable bonds is 6. The van der Waals surface area contributed by atoms with Gasteiger partial charge in [0, 0.05) is 20.1 Å². The van der Waals surface area contributed by atoms with Gasteiger partial charge in [0.1, 0.15) is 11.9 Å². The van der Waals surface area contributed by atoms with Gasteiger partial charge in [-0.25, -0.2) is 13.1 Å². The van der Waals surface area contributed by atoms with Gasteiger partial charge in [0.25, 0.3) is 0 Å². The maximum atomic E-state index is 12.6. The van der Waals surface area contributed by atoms with E-state index in [-0.39, 0.29) is 24.0 Å². The molecule has 1 aromatic carbocycles. The van der Waals surface area contributed by atoms with E-state index in [0.29, 0.717) is 18.0 Å². The Morgan fingerprint density at radius 2 is 2.25 bits per heavy atom. The van der Waals surface area contributed by atoms with Crippen molar-refractivity contribution >= 4 is 22.4 Å². The maximum absolute atomic E-state index is 12.6. The van der Waals surface area contributed by atoms with E-state index in [1.54, 1.807) is 25.3 Å². The molecule has 0 aromatic heterocycles. The largest absolute Gasteiger partial charge is 0.490 e. The topological polar surface area (TPSA) is 76.7 Å². The summed E-state index contributed by atoms with van der Waals surface area (Å²) < 4.78 is 38.8. The third kappa shape index (κ3) is 4.03. The number of ether oxygens (including phenoxy) is 2. The summed E-state index contributed by atoms with van der Waals surface area (Å²) in [7, 11) is -1.91. The van der Waals surface area contributed by atoms with Crippen LogP contribution in [-0.2, 0) is 21.2 Å². The number of hydrogen-bond donors (Lipinski definition) is 2. The van der Waals surface area contributed by atoms with Crippen molar-refractivity contribution < 1.29 is 17.9 Å². The Labute approximate surface area is 149 Å². The maximum Gasteiger partial charge on any atom is 0.240 e. The Morgan fingerprint density at radius 3 is 2.92 bits per heavy atom. The Hall–Kier alpha value is -0.860. The van der Waals surface area contributed by atoms with Crippen LogP contribution >= 0.6 is 12.4 Å². The van der Waals surface area contributed by atoms with Crippen molar-refractivity contribution in [3.63, 3.8) is 0 Å². The zero-order valence-electron chi connectivity index (χ0n) is 14.0. The Kier molecular flexibility index (Phi) is 6.14. The molecule has 2 aliphatic rings.